The molecular formula is C19H18Cl2N2O2. The summed E-state index contributed by atoms with van der Waals surface area (Å²) in [5.74, 6) is -0.660. The number of rotatable bonds is 4. The molecule has 130 valence electrons. The summed E-state index contributed by atoms with van der Waals surface area (Å²) in [6, 6.07) is 10.6. The Morgan fingerprint density at radius 3 is 2.12 bits per heavy atom. The smallest absolute Gasteiger partial charge is 0.240 e. The molecule has 0 aliphatic heterocycles. The van der Waals surface area contributed by atoms with Crippen molar-refractivity contribution in [1.29, 1.82) is 0 Å². The van der Waals surface area contributed by atoms with Gasteiger partial charge < -0.3 is 10.6 Å². The summed E-state index contributed by atoms with van der Waals surface area (Å²) in [5.41, 5.74) is 2.15. The monoisotopic (exact) mass is 376 g/mol. The number of carbonyl (C=O) groups is 2. The van der Waals surface area contributed by atoms with Crippen LogP contribution in [-0.4, -0.2) is 11.8 Å². The quantitative estimate of drug-likeness (QED) is 0.740. The molecule has 2 amide bonds. The second-order valence-corrected chi connectivity index (χ2v) is 7.33. The van der Waals surface area contributed by atoms with Crippen molar-refractivity contribution in [3.8, 4) is 0 Å². The number of hydrogen-bond donors (Lipinski definition) is 2. The van der Waals surface area contributed by atoms with Gasteiger partial charge in [-0.05, 0) is 68.1 Å². The molecule has 1 fully saturated rings. The van der Waals surface area contributed by atoms with Gasteiger partial charge in [0.25, 0.3) is 0 Å². The number of aryl methyl sites for hydroxylation is 2. The summed E-state index contributed by atoms with van der Waals surface area (Å²) in [6.07, 6.45) is 1.02. The van der Waals surface area contributed by atoms with E-state index in [-0.39, 0.29) is 11.8 Å². The van der Waals surface area contributed by atoms with E-state index >= 15 is 0 Å². The van der Waals surface area contributed by atoms with Crippen LogP contribution in [0.25, 0.3) is 0 Å². The van der Waals surface area contributed by atoms with E-state index in [1.165, 1.54) is 0 Å². The minimum absolute atomic E-state index is 0.298. The van der Waals surface area contributed by atoms with Crippen molar-refractivity contribution in [2.45, 2.75) is 26.7 Å². The topological polar surface area (TPSA) is 58.2 Å². The minimum atomic E-state index is -1.05. The lowest BCUT2D eigenvalue weighted by Gasteiger charge is -2.17. The Kier molecular flexibility index (Phi) is 4.76. The number of nitrogens with one attached hydrogen (secondary N) is 2. The molecule has 0 heterocycles. The van der Waals surface area contributed by atoms with Crippen molar-refractivity contribution in [3.05, 3.63) is 57.6 Å². The Hall–Kier alpha value is -2.04. The van der Waals surface area contributed by atoms with Crippen LogP contribution in [0.2, 0.25) is 10.0 Å². The van der Waals surface area contributed by atoms with Crippen LogP contribution in [0.15, 0.2) is 36.4 Å². The lowest BCUT2D eigenvalue weighted by atomic mass is 10.0. The van der Waals surface area contributed by atoms with E-state index in [9.17, 15) is 9.59 Å². The summed E-state index contributed by atoms with van der Waals surface area (Å²) in [7, 11) is 0. The molecule has 0 saturated heterocycles. The number of halogens is 2. The summed E-state index contributed by atoms with van der Waals surface area (Å²) >= 11 is 12.0. The highest BCUT2D eigenvalue weighted by Gasteiger charge is 2.56. The van der Waals surface area contributed by atoms with E-state index in [4.69, 9.17) is 23.2 Å². The summed E-state index contributed by atoms with van der Waals surface area (Å²) in [5, 5.41) is 6.43. The van der Waals surface area contributed by atoms with Crippen LogP contribution in [-0.2, 0) is 9.59 Å². The van der Waals surface area contributed by atoms with Gasteiger partial charge in [-0.25, -0.2) is 0 Å². The summed E-state index contributed by atoms with van der Waals surface area (Å²) in [6.45, 7) is 3.92. The van der Waals surface area contributed by atoms with Crippen molar-refractivity contribution in [1.82, 2.24) is 0 Å². The number of benzene rings is 2. The molecule has 0 unspecified atom stereocenters. The van der Waals surface area contributed by atoms with Gasteiger partial charge in [0.05, 0.1) is 10.7 Å². The number of carbonyl (C=O) groups excluding carboxylic acids is 2. The molecule has 2 aromatic rings. The highest BCUT2D eigenvalue weighted by atomic mass is 35.5. The molecule has 6 heteroatoms. The zero-order valence-corrected chi connectivity index (χ0v) is 15.5. The van der Waals surface area contributed by atoms with E-state index in [1.54, 1.807) is 18.2 Å². The predicted molar refractivity (Wildman–Crippen MR) is 101 cm³/mol. The van der Waals surface area contributed by atoms with Gasteiger partial charge in [0.1, 0.15) is 5.41 Å². The minimum Gasteiger partial charge on any atom is -0.325 e. The van der Waals surface area contributed by atoms with Crippen molar-refractivity contribution >= 4 is 46.4 Å². The van der Waals surface area contributed by atoms with Gasteiger partial charge in [0.2, 0.25) is 11.8 Å². The Morgan fingerprint density at radius 2 is 1.52 bits per heavy atom. The molecule has 1 aliphatic rings. The summed E-state index contributed by atoms with van der Waals surface area (Å²) in [4.78, 5) is 25.3. The largest absolute Gasteiger partial charge is 0.325 e. The Morgan fingerprint density at radius 1 is 0.920 bits per heavy atom. The van der Waals surface area contributed by atoms with E-state index in [2.05, 4.69) is 10.6 Å². The molecule has 0 aromatic heterocycles. The van der Waals surface area contributed by atoms with Crippen LogP contribution >= 0.6 is 23.2 Å². The standard InChI is InChI=1S/C19H18Cl2N2O2/c1-11-7-12(2)9-14(8-11)22-17(24)19(5-6-19)18(25)23-16-10-13(20)3-4-15(16)21/h3-4,7-10H,5-6H2,1-2H3,(H,22,24)(H,23,25). The molecule has 25 heavy (non-hydrogen) atoms. The van der Waals surface area contributed by atoms with Gasteiger partial charge in [0.15, 0.2) is 0 Å². The Balaban J connectivity index is 1.75. The first kappa shape index (κ1) is 17.8. The predicted octanol–water partition coefficient (Wildman–Crippen LogP) is 4.97. The number of anilines is 2. The maximum atomic E-state index is 12.7. The lowest BCUT2D eigenvalue weighted by Crippen LogP contribution is -2.35. The molecule has 2 aromatic carbocycles. The molecule has 0 atom stereocenters. The fourth-order valence-electron chi connectivity index (χ4n) is 2.82. The summed E-state index contributed by atoms with van der Waals surface area (Å²) < 4.78 is 0. The molecule has 3 rings (SSSR count). The van der Waals surface area contributed by atoms with Gasteiger partial charge in [-0.1, -0.05) is 29.3 Å². The van der Waals surface area contributed by atoms with Crippen molar-refractivity contribution in [2.75, 3.05) is 10.6 Å². The highest BCUT2D eigenvalue weighted by molar-refractivity contribution is 6.36. The molecule has 2 N–H and O–H groups in total. The van der Waals surface area contributed by atoms with E-state index in [0.717, 1.165) is 11.1 Å². The zero-order valence-electron chi connectivity index (χ0n) is 14.0. The third kappa shape index (κ3) is 3.80. The van der Waals surface area contributed by atoms with Crippen molar-refractivity contribution in [2.24, 2.45) is 5.41 Å². The van der Waals surface area contributed by atoms with Crippen LogP contribution in [0.4, 0.5) is 11.4 Å². The zero-order chi connectivity index (χ0) is 18.2. The van der Waals surface area contributed by atoms with Gasteiger partial charge in [-0.15, -0.1) is 0 Å². The first-order valence-electron chi connectivity index (χ1n) is 7.96. The van der Waals surface area contributed by atoms with Gasteiger partial charge >= 0.3 is 0 Å². The highest BCUT2D eigenvalue weighted by Crippen LogP contribution is 2.48. The molecule has 4 nitrogen and oxygen atoms in total. The SMILES string of the molecule is Cc1cc(C)cc(NC(=O)C2(C(=O)Nc3cc(Cl)ccc3Cl)CC2)c1. The molecule has 0 radical (unpaired) electrons. The third-order valence-electron chi connectivity index (χ3n) is 4.28. The Bertz CT molecular complexity index is 840. The van der Waals surface area contributed by atoms with E-state index in [0.29, 0.717) is 34.3 Å². The molecule has 0 spiro atoms. The normalized spacial score (nSPS) is 14.7. The molecule has 0 bridgehead atoms. The maximum absolute atomic E-state index is 12.7. The fraction of sp³-hybridized carbons (Fsp3) is 0.263. The molecule has 1 aliphatic carbocycles. The van der Waals surface area contributed by atoms with Gasteiger partial charge in [-0.2, -0.15) is 0 Å². The Labute approximate surface area is 156 Å². The lowest BCUT2D eigenvalue weighted by molar-refractivity contribution is -0.131. The number of amides is 2. The molecular weight excluding hydrogens is 359 g/mol. The van der Waals surface area contributed by atoms with E-state index in [1.807, 2.05) is 32.0 Å². The van der Waals surface area contributed by atoms with Crippen LogP contribution in [0, 0.1) is 19.3 Å². The van der Waals surface area contributed by atoms with Crippen LogP contribution in [0.5, 0.6) is 0 Å². The van der Waals surface area contributed by atoms with Crippen LogP contribution < -0.4 is 10.6 Å². The fourth-order valence-corrected chi connectivity index (χ4v) is 3.15. The third-order valence-corrected chi connectivity index (χ3v) is 4.84. The van der Waals surface area contributed by atoms with Crippen molar-refractivity contribution in [3.63, 3.8) is 0 Å². The van der Waals surface area contributed by atoms with Gasteiger partial charge in [0, 0.05) is 10.7 Å². The maximum Gasteiger partial charge on any atom is 0.240 e. The molecule has 1 saturated carbocycles. The second-order valence-electron chi connectivity index (χ2n) is 6.49. The first-order chi connectivity index (χ1) is 11.8. The van der Waals surface area contributed by atoms with Crippen LogP contribution in [0.1, 0.15) is 24.0 Å². The van der Waals surface area contributed by atoms with E-state index < -0.39 is 5.41 Å². The average molecular weight is 377 g/mol. The van der Waals surface area contributed by atoms with Gasteiger partial charge in [-0.3, -0.25) is 9.59 Å². The number of hydrogen-bond acceptors (Lipinski definition) is 2. The second kappa shape index (κ2) is 6.70. The van der Waals surface area contributed by atoms with Crippen LogP contribution in [0.3, 0.4) is 0 Å². The first-order valence-corrected chi connectivity index (χ1v) is 8.72. The van der Waals surface area contributed by atoms with Crippen molar-refractivity contribution < 1.29 is 9.59 Å². The average Bonchev–Trinajstić information content (AvgIpc) is 3.31.